The molecule has 0 fully saturated rings. The van der Waals surface area contributed by atoms with E-state index >= 15 is 0 Å². The van der Waals surface area contributed by atoms with E-state index in [-0.39, 0.29) is 38.4 Å². The van der Waals surface area contributed by atoms with Crippen molar-refractivity contribution >= 4 is 22.6 Å². The molecule has 3 aromatic rings. The minimum Gasteiger partial charge on any atom is -0.668 e. The molecule has 0 aliphatic rings. The van der Waals surface area contributed by atoms with Crippen LogP contribution in [-0.2, 0) is 50.5 Å². The maximum Gasteiger partial charge on any atom is 0.271 e. The Balaban J connectivity index is 0.00000408. The number of unbranched alkanes of at least 4 members (excludes halogenated alkanes) is 1. The third-order valence-corrected chi connectivity index (χ3v) is 5.76. The van der Waals surface area contributed by atoms with Gasteiger partial charge in [-0.3, -0.25) is 10.1 Å². The summed E-state index contributed by atoms with van der Waals surface area (Å²) in [4.78, 5) is 28.7. The summed E-state index contributed by atoms with van der Waals surface area (Å²) in [7, 11) is 1.63. The van der Waals surface area contributed by atoms with Crippen LogP contribution in [0.3, 0.4) is 0 Å². The van der Waals surface area contributed by atoms with Gasteiger partial charge in [0, 0.05) is 70.3 Å². The zero-order chi connectivity index (χ0) is 23.8. The number of amides is 1. The summed E-state index contributed by atoms with van der Waals surface area (Å²) in [5, 5.41) is 11.2. The minimum absolute atomic E-state index is 0. The number of imidazole rings is 1. The molecule has 0 saturated carbocycles. The van der Waals surface area contributed by atoms with Crippen molar-refractivity contribution in [2.75, 3.05) is 26.7 Å². The molecule has 2 aromatic carbocycles. The van der Waals surface area contributed by atoms with Gasteiger partial charge >= 0.3 is 0 Å². The van der Waals surface area contributed by atoms with E-state index in [0.29, 0.717) is 24.9 Å². The number of rotatable bonds is 13. The molecule has 0 spiro atoms. The summed E-state index contributed by atoms with van der Waals surface area (Å²) in [6.45, 7) is 5.33. The molecule has 1 N–H and O–H groups in total. The average Bonchev–Trinajstić information content (AvgIpc) is 3.15. The Bertz CT molecular complexity index is 1100. The largest absolute Gasteiger partial charge is 0.668 e. The molecule has 0 atom stereocenters. The molecule has 10 heteroatoms. The zero-order valence-electron chi connectivity index (χ0n) is 19.7. The monoisotopic (exact) mass is 541 g/mol. The van der Waals surface area contributed by atoms with Crippen molar-refractivity contribution in [2.24, 2.45) is 0 Å². The number of non-ortho nitro benzene ring substituents is 1. The van der Waals surface area contributed by atoms with Gasteiger partial charge in [-0.05, 0) is 56.1 Å². The number of carbonyl (C=O) groups is 1. The average molecular weight is 541 g/mol. The van der Waals surface area contributed by atoms with Crippen LogP contribution in [0.1, 0.15) is 37.6 Å². The number of nitro benzene ring substituents is 1. The first-order valence-electron chi connectivity index (χ1n) is 11.1. The molecule has 0 aliphatic carbocycles. The van der Waals surface area contributed by atoms with E-state index in [2.05, 4.69) is 16.4 Å². The van der Waals surface area contributed by atoms with Gasteiger partial charge in [-0.25, -0.2) is 4.98 Å². The minimum atomic E-state index is -0.514. The molecular formula is C24H30N5O4Y-. The third kappa shape index (κ3) is 7.58. The second-order valence-corrected chi connectivity index (χ2v) is 7.95. The molecule has 0 saturated heterocycles. The Morgan fingerprint density at radius 2 is 1.91 bits per heavy atom. The molecule has 179 valence electrons. The van der Waals surface area contributed by atoms with Gasteiger partial charge in [0.25, 0.3) is 5.69 Å². The number of nitrogens with one attached hydrogen (secondary N) is 1. The normalized spacial score (nSPS) is 10.9. The number of nitro groups is 1. The van der Waals surface area contributed by atoms with Gasteiger partial charge in [0.1, 0.15) is 11.6 Å². The number of methoxy groups -OCH3 is 1. The van der Waals surface area contributed by atoms with Crippen molar-refractivity contribution in [3.05, 3.63) is 69.7 Å². The van der Waals surface area contributed by atoms with Crippen LogP contribution in [0.25, 0.3) is 16.8 Å². The summed E-state index contributed by atoms with van der Waals surface area (Å²) in [6.07, 6.45) is 2.49. The molecule has 3 rings (SSSR count). The van der Waals surface area contributed by atoms with Crippen molar-refractivity contribution in [3.63, 3.8) is 0 Å². The van der Waals surface area contributed by atoms with Crippen molar-refractivity contribution in [3.8, 4) is 5.75 Å². The maximum atomic E-state index is 11.2. The van der Waals surface area contributed by atoms with Gasteiger partial charge in [0.15, 0.2) is 0 Å². The number of fused-ring (bicyclic) bond motifs is 1. The van der Waals surface area contributed by atoms with Crippen LogP contribution >= 0.6 is 0 Å². The van der Waals surface area contributed by atoms with E-state index < -0.39 is 10.8 Å². The van der Waals surface area contributed by atoms with Crippen LogP contribution in [0.15, 0.2) is 42.5 Å². The number of hydrogen-bond acceptors (Lipinski definition) is 6. The van der Waals surface area contributed by atoms with Gasteiger partial charge in [0.2, 0.25) is 0 Å². The van der Waals surface area contributed by atoms with Crippen molar-refractivity contribution < 1.29 is 47.2 Å². The van der Waals surface area contributed by atoms with E-state index in [9.17, 15) is 14.9 Å². The molecule has 0 unspecified atom stereocenters. The first-order chi connectivity index (χ1) is 15.9. The van der Waals surface area contributed by atoms with E-state index in [1.807, 2.05) is 24.3 Å². The maximum absolute atomic E-state index is 11.2. The number of likely N-dealkylation sites (N-methyl/N-ethyl adjacent to an activating group) is 1. The Labute approximate surface area is 224 Å². The summed E-state index contributed by atoms with van der Waals surface area (Å²) in [6, 6.07) is 12.6. The van der Waals surface area contributed by atoms with Crippen LogP contribution in [0, 0.1) is 10.1 Å². The fraction of sp³-hybridized carbons (Fsp3) is 0.417. The fourth-order valence-electron chi connectivity index (χ4n) is 3.88. The predicted molar refractivity (Wildman–Crippen MR) is 127 cm³/mol. The first-order valence-corrected chi connectivity index (χ1v) is 11.1. The van der Waals surface area contributed by atoms with E-state index in [0.717, 1.165) is 55.1 Å². The summed E-state index contributed by atoms with van der Waals surface area (Å²) >= 11 is 0. The van der Waals surface area contributed by atoms with Gasteiger partial charge < -0.3 is 24.7 Å². The molecule has 1 heterocycles. The molecule has 34 heavy (non-hydrogen) atoms. The Morgan fingerprint density at radius 3 is 2.53 bits per heavy atom. The third-order valence-electron chi connectivity index (χ3n) is 5.76. The number of hydrogen-bond donors (Lipinski definition) is 0. The molecule has 1 aromatic heterocycles. The zero-order valence-corrected chi connectivity index (χ0v) is 22.5. The standard InChI is InChI=1S/C24H31N5O4.Y/c1-3-27(13-5-4-6-23(25)30)14-15-28-22-12-9-19(29(31)32)17-21(22)26-24(28)16-18-7-10-20(33-2)11-8-18;/h7-12,17H,3-6,13-16H2,1-2H3,(H2,25,30);/p-1. The summed E-state index contributed by atoms with van der Waals surface area (Å²) in [5.41, 5.74) is 9.63. The quantitative estimate of drug-likeness (QED) is 0.177. The van der Waals surface area contributed by atoms with Gasteiger partial charge in [-0.2, -0.15) is 0 Å². The smallest absolute Gasteiger partial charge is 0.271 e. The number of ether oxygens (including phenoxy) is 1. The molecule has 0 bridgehead atoms. The van der Waals surface area contributed by atoms with Gasteiger partial charge in [-0.1, -0.05) is 19.1 Å². The van der Waals surface area contributed by atoms with Crippen LogP contribution in [0.4, 0.5) is 5.69 Å². The topological polar surface area (TPSA) is 114 Å². The molecule has 1 amide bonds. The van der Waals surface area contributed by atoms with Crippen LogP contribution in [0.5, 0.6) is 5.75 Å². The number of nitrogens with zero attached hydrogens (tertiary/aromatic N) is 4. The number of aromatic nitrogens is 2. The number of carbonyl (C=O) groups excluding carboxylic acids is 1. The van der Waals surface area contributed by atoms with Crippen LogP contribution in [0.2, 0.25) is 0 Å². The molecular weight excluding hydrogens is 511 g/mol. The van der Waals surface area contributed by atoms with Crippen molar-refractivity contribution in [1.82, 2.24) is 14.5 Å². The van der Waals surface area contributed by atoms with Gasteiger partial charge in [-0.15, -0.1) is 0 Å². The van der Waals surface area contributed by atoms with Crippen LogP contribution in [-0.4, -0.2) is 52.0 Å². The Hall–Kier alpha value is -2.36. The summed E-state index contributed by atoms with van der Waals surface area (Å²) in [5.74, 6) is 1.13. The van der Waals surface area contributed by atoms with Crippen LogP contribution < -0.4 is 4.74 Å². The second kappa shape index (κ2) is 13.5. The Kier molecular flexibility index (Phi) is 11.1. The first kappa shape index (κ1) is 27.9. The van der Waals surface area contributed by atoms with E-state index in [4.69, 9.17) is 15.5 Å². The van der Waals surface area contributed by atoms with Crippen molar-refractivity contribution in [2.45, 2.75) is 39.2 Å². The molecule has 1 radical (unpaired) electrons. The summed E-state index contributed by atoms with van der Waals surface area (Å²) < 4.78 is 7.38. The van der Waals surface area contributed by atoms with E-state index in [1.165, 1.54) is 12.1 Å². The Morgan fingerprint density at radius 1 is 1.18 bits per heavy atom. The van der Waals surface area contributed by atoms with Gasteiger partial charge in [0.05, 0.1) is 23.1 Å². The predicted octanol–water partition coefficient (Wildman–Crippen LogP) is 4.61. The van der Waals surface area contributed by atoms with E-state index in [1.54, 1.807) is 13.2 Å². The number of benzene rings is 2. The molecule has 9 nitrogen and oxygen atoms in total. The fourth-order valence-corrected chi connectivity index (χ4v) is 3.88. The SMILES string of the molecule is CCN(CCCCC([NH-])=O)CCn1c(Cc2ccc(OC)cc2)nc2cc([N+](=O)[O-])ccc21.[Y]. The second-order valence-electron chi connectivity index (χ2n) is 7.95. The molecule has 0 aliphatic heterocycles. The van der Waals surface area contributed by atoms with Crippen molar-refractivity contribution in [1.29, 1.82) is 0 Å².